The van der Waals surface area contributed by atoms with E-state index in [1.165, 1.54) is 18.2 Å². The predicted octanol–water partition coefficient (Wildman–Crippen LogP) is 2.84. The minimum Gasteiger partial charge on any atom is -0.508 e. The Bertz CT molecular complexity index is 450. The smallest absolute Gasteiger partial charge is 0.303 e. The van der Waals surface area contributed by atoms with E-state index in [1.807, 2.05) is 0 Å². The van der Waals surface area contributed by atoms with Gasteiger partial charge in [0.25, 0.3) is 0 Å². The summed E-state index contributed by atoms with van der Waals surface area (Å²) >= 11 is 0. The lowest BCUT2D eigenvalue weighted by molar-refractivity contribution is -0.140. The molecule has 1 fully saturated rings. The Kier molecular flexibility index (Phi) is 7.22. The third-order valence-electron chi connectivity index (χ3n) is 3.72. The van der Waals surface area contributed by atoms with E-state index < -0.39 is 11.9 Å². The SMILES string of the molecule is O=C(O)CC1CCC(CC(=O)O)CC1.Oc1cccc(O)c1. The van der Waals surface area contributed by atoms with E-state index in [9.17, 15) is 9.59 Å². The summed E-state index contributed by atoms with van der Waals surface area (Å²) in [5.74, 6) is -0.788. The maximum Gasteiger partial charge on any atom is 0.303 e. The topological polar surface area (TPSA) is 115 Å². The largest absolute Gasteiger partial charge is 0.508 e. The number of carbonyl (C=O) groups is 2. The molecule has 122 valence electrons. The molecule has 0 bridgehead atoms. The van der Waals surface area contributed by atoms with Crippen LogP contribution in [0, 0.1) is 11.8 Å². The normalized spacial score (nSPS) is 20.5. The van der Waals surface area contributed by atoms with Gasteiger partial charge in [0.1, 0.15) is 11.5 Å². The first-order valence-electron chi connectivity index (χ1n) is 7.28. The number of aromatic hydroxyl groups is 2. The molecule has 0 spiro atoms. The van der Waals surface area contributed by atoms with Crippen molar-refractivity contribution >= 4 is 11.9 Å². The van der Waals surface area contributed by atoms with Crippen molar-refractivity contribution in [1.29, 1.82) is 0 Å². The van der Waals surface area contributed by atoms with Gasteiger partial charge in [0, 0.05) is 18.9 Å². The summed E-state index contributed by atoms with van der Waals surface area (Å²) in [6, 6.07) is 5.85. The Morgan fingerprint density at radius 2 is 1.23 bits per heavy atom. The molecule has 4 N–H and O–H groups in total. The van der Waals surface area contributed by atoms with E-state index in [1.54, 1.807) is 6.07 Å². The summed E-state index contributed by atoms with van der Waals surface area (Å²) in [5.41, 5.74) is 0. The maximum atomic E-state index is 10.4. The number of carboxylic acid groups (broad SMARTS) is 2. The average Bonchev–Trinajstić information content (AvgIpc) is 2.40. The highest BCUT2D eigenvalue weighted by atomic mass is 16.4. The molecule has 1 aliphatic rings. The highest BCUT2D eigenvalue weighted by Gasteiger charge is 2.24. The minimum absolute atomic E-state index is 0.0880. The third kappa shape index (κ3) is 7.52. The van der Waals surface area contributed by atoms with E-state index in [4.69, 9.17) is 20.4 Å². The molecule has 0 aromatic heterocycles. The van der Waals surface area contributed by atoms with Gasteiger partial charge < -0.3 is 20.4 Å². The fourth-order valence-corrected chi connectivity index (χ4v) is 2.63. The van der Waals surface area contributed by atoms with Crippen LogP contribution < -0.4 is 0 Å². The molecule has 1 aromatic carbocycles. The molecule has 0 radical (unpaired) electrons. The first kappa shape index (κ1) is 17.8. The van der Waals surface area contributed by atoms with Gasteiger partial charge in [0.2, 0.25) is 0 Å². The Hall–Kier alpha value is -2.24. The minimum atomic E-state index is -0.744. The Labute approximate surface area is 129 Å². The summed E-state index contributed by atoms with van der Waals surface area (Å²) in [4.78, 5) is 20.9. The molecular formula is C16H22O6. The van der Waals surface area contributed by atoms with Gasteiger partial charge in [0.05, 0.1) is 0 Å². The van der Waals surface area contributed by atoms with E-state index in [2.05, 4.69) is 0 Å². The second-order valence-corrected chi connectivity index (χ2v) is 5.60. The van der Waals surface area contributed by atoms with E-state index in [0.717, 1.165) is 25.7 Å². The number of rotatable bonds is 4. The Morgan fingerprint density at radius 1 is 0.864 bits per heavy atom. The molecule has 6 nitrogen and oxygen atoms in total. The van der Waals surface area contributed by atoms with Crippen molar-refractivity contribution in [1.82, 2.24) is 0 Å². The standard InChI is InChI=1S/C10H16O4.C6H6O2/c11-9(12)5-7-1-2-8(4-3-7)6-10(13)14;7-5-2-1-3-6(8)4-5/h7-8H,1-6H2,(H,11,12)(H,13,14);1-4,7-8H. The Morgan fingerprint density at radius 3 is 1.45 bits per heavy atom. The number of benzene rings is 1. The molecule has 0 amide bonds. The first-order chi connectivity index (χ1) is 10.4. The lowest BCUT2D eigenvalue weighted by Crippen LogP contribution is -2.19. The molecular weight excluding hydrogens is 288 g/mol. The van der Waals surface area contributed by atoms with Gasteiger partial charge >= 0.3 is 11.9 Å². The van der Waals surface area contributed by atoms with E-state index in [0.29, 0.717) is 0 Å². The summed E-state index contributed by atoms with van der Waals surface area (Å²) < 4.78 is 0. The summed E-state index contributed by atoms with van der Waals surface area (Å²) in [6.07, 6.45) is 3.93. The van der Waals surface area contributed by atoms with Gasteiger partial charge in [-0.25, -0.2) is 0 Å². The highest BCUT2D eigenvalue weighted by molar-refractivity contribution is 5.67. The zero-order valence-corrected chi connectivity index (χ0v) is 12.3. The van der Waals surface area contributed by atoms with Crippen LogP contribution in [0.2, 0.25) is 0 Å². The van der Waals surface area contributed by atoms with Crippen molar-refractivity contribution < 1.29 is 30.0 Å². The first-order valence-corrected chi connectivity index (χ1v) is 7.28. The molecule has 0 unspecified atom stereocenters. The number of carboxylic acids is 2. The van der Waals surface area contributed by atoms with E-state index in [-0.39, 0.29) is 36.2 Å². The Balaban J connectivity index is 0.000000255. The maximum absolute atomic E-state index is 10.4. The highest BCUT2D eigenvalue weighted by Crippen LogP contribution is 2.32. The van der Waals surface area contributed by atoms with Crippen LogP contribution in [0.15, 0.2) is 24.3 Å². The van der Waals surface area contributed by atoms with Gasteiger partial charge in [-0.2, -0.15) is 0 Å². The fourth-order valence-electron chi connectivity index (χ4n) is 2.63. The van der Waals surface area contributed by atoms with Crippen molar-refractivity contribution in [2.24, 2.45) is 11.8 Å². The van der Waals surface area contributed by atoms with Crippen molar-refractivity contribution in [2.75, 3.05) is 0 Å². The van der Waals surface area contributed by atoms with Crippen LogP contribution in [0.5, 0.6) is 11.5 Å². The van der Waals surface area contributed by atoms with Crippen LogP contribution >= 0.6 is 0 Å². The summed E-state index contributed by atoms with van der Waals surface area (Å²) in [5, 5.41) is 34.5. The van der Waals surface area contributed by atoms with Crippen LogP contribution in [-0.4, -0.2) is 32.4 Å². The van der Waals surface area contributed by atoms with Crippen LogP contribution in [0.25, 0.3) is 0 Å². The van der Waals surface area contributed by atoms with Gasteiger partial charge in [-0.05, 0) is 49.7 Å². The summed E-state index contributed by atoms with van der Waals surface area (Å²) in [6.45, 7) is 0. The van der Waals surface area contributed by atoms with Gasteiger partial charge in [-0.1, -0.05) is 6.07 Å². The lowest BCUT2D eigenvalue weighted by Gasteiger charge is -2.26. The molecule has 2 rings (SSSR count). The third-order valence-corrected chi connectivity index (χ3v) is 3.72. The molecule has 22 heavy (non-hydrogen) atoms. The van der Waals surface area contributed by atoms with Crippen molar-refractivity contribution in [3.63, 3.8) is 0 Å². The number of hydrogen-bond acceptors (Lipinski definition) is 4. The number of aliphatic carboxylic acids is 2. The van der Waals surface area contributed by atoms with Crippen molar-refractivity contribution in [2.45, 2.75) is 38.5 Å². The average molecular weight is 310 g/mol. The fraction of sp³-hybridized carbons (Fsp3) is 0.500. The quantitative estimate of drug-likeness (QED) is 0.679. The van der Waals surface area contributed by atoms with Crippen LogP contribution in [-0.2, 0) is 9.59 Å². The van der Waals surface area contributed by atoms with Crippen molar-refractivity contribution in [3.05, 3.63) is 24.3 Å². The van der Waals surface area contributed by atoms with Crippen LogP contribution in [0.4, 0.5) is 0 Å². The molecule has 0 saturated heterocycles. The predicted molar refractivity (Wildman–Crippen MR) is 79.7 cm³/mol. The molecule has 0 aliphatic heterocycles. The second kappa shape index (κ2) is 8.92. The molecule has 1 saturated carbocycles. The monoisotopic (exact) mass is 310 g/mol. The number of hydrogen-bond donors (Lipinski definition) is 4. The van der Waals surface area contributed by atoms with Gasteiger partial charge in [-0.3, -0.25) is 9.59 Å². The molecule has 1 aromatic rings. The molecule has 1 aliphatic carbocycles. The van der Waals surface area contributed by atoms with Crippen molar-refractivity contribution in [3.8, 4) is 11.5 Å². The van der Waals surface area contributed by atoms with Gasteiger partial charge in [-0.15, -0.1) is 0 Å². The van der Waals surface area contributed by atoms with E-state index >= 15 is 0 Å². The zero-order chi connectivity index (χ0) is 16.5. The number of phenolic OH excluding ortho intramolecular Hbond substituents is 2. The van der Waals surface area contributed by atoms with Crippen LogP contribution in [0.3, 0.4) is 0 Å². The number of phenols is 2. The van der Waals surface area contributed by atoms with Gasteiger partial charge in [0.15, 0.2) is 0 Å². The lowest BCUT2D eigenvalue weighted by atomic mass is 9.79. The van der Waals surface area contributed by atoms with Crippen LogP contribution in [0.1, 0.15) is 38.5 Å². The summed E-state index contributed by atoms with van der Waals surface area (Å²) in [7, 11) is 0. The second-order valence-electron chi connectivity index (χ2n) is 5.60. The molecule has 6 heteroatoms. The zero-order valence-electron chi connectivity index (χ0n) is 12.3. The molecule has 0 atom stereocenters. The molecule has 0 heterocycles.